The van der Waals surface area contributed by atoms with E-state index in [0.29, 0.717) is 25.9 Å². The molecule has 1 amide bonds. The molecule has 1 aliphatic rings. The van der Waals surface area contributed by atoms with E-state index in [0.717, 1.165) is 0 Å². The van der Waals surface area contributed by atoms with Crippen molar-refractivity contribution in [3.05, 3.63) is 24.3 Å². The molecule has 0 saturated carbocycles. The lowest BCUT2D eigenvalue weighted by Crippen LogP contribution is -2.42. The minimum Gasteiger partial charge on any atom is -0.508 e. The van der Waals surface area contributed by atoms with Crippen LogP contribution in [0.2, 0.25) is 0 Å². The highest BCUT2D eigenvalue weighted by Gasteiger charge is 2.31. The van der Waals surface area contributed by atoms with Crippen LogP contribution in [-0.2, 0) is 14.8 Å². The largest absolute Gasteiger partial charge is 0.508 e. The summed E-state index contributed by atoms with van der Waals surface area (Å²) >= 11 is 0. The molecule has 0 aliphatic carbocycles. The van der Waals surface area contributed by atoms with Crippen LogP contribution in [0.4, 0.5) is 0 Å². The van der Waals surface area contributed by atoms with Crippen molar-refractivity contribution in [2.45, 2.75) is 17.7 Å². The lowest BCUT2D eigenvalue weighted by molar-refractivity contribution is -0.125. The van der Waals surface area contributed by atoms with Crippen LogP contribution in [0.25, 0.3) is 0 Å². The Bertz CT molecular complexity index is 575. The summed E-state index contributed by atoms with van der Waals surface area (Å²) in [5.74, 6) is -0.125. The number of hydrogen-bond donors (Lipinski definition) is 2. The minimum atomic E-state index is -3.54. The van der Waals surface area contributed by atoms with Crippen LogP contribution < -0.4 is 5.32 Å². The van der Waals surface area contributed by atoms with Crippen molar-refractivity contribution in [1.29, 1.82) is 0 Å². The third kappa shape index (κ3) is 2.94. The molecule has 0 bridgehead atoms. The molecule has 1 saturated heterocycles. The van der Waals surface area contributed by atoms with Gasteiger partial charge >= 0.3 is 0 Å². The van der Waals surface area contributed by atoms with Gasteiger partial charge in [-0.2, -0.15) is 4.31 Å². The molecule has 6 nitrogen and oxygen atoms in total. The van der Waals surface area contributed by atoms with Gasteiger partial charge in [0.05, 0.1) is 4.90 Å². The Balaban J connectivity index is 2.09. The van der Waals surface area contributed by atoms with E-state index in [9.17, 15) is 18.3 Å². The molecule has 0 unspecified atom stereocenters. The van der Waals surface area contributed by atoms with Crippen molar-refractivity contribution in [3.8, 4) is 5.75 Å². The monoisotopic (exact) mass is 298 g/mol. The normalized spacial score (nSPS) is 17.9. The number of nitrogens with zero attached hydrogens (tertiary/aromatic N) is 1. The fraction of sp³-hybridized carbons (Fsp3) is 0.462. The zero-order valence-electron chi connectivity index (χ0n) is 11.2. The molecule has 1 aromatic rings. The molecule has 2 N–H and O–H groups in total. The van der Waals surface area contributed by atoms with Gasteiger partial charge in [-0.3, -0.25) is 4.79 Å². The van der Waals surface area contributed by atoms with Crippen LogP contribution in [0, 0.1) is 5.92 Å². The number of phenols is 1. The summed E-state index contributed by atoms with van der Waals surface area (Å²) in [6.45, 7) is 0.669. The van der Waals surface area contributed by atoms with Crippen molar-refractivity contribution >= 4 is 15.9 Å². The van der Waals surface area contributed by atoms with Crippen molar-refractivity contribution in [3.63, 3.8) is 0 Å². The number of benzene rings is 1. The van der Waals surface area contributed by atoms with Crippen LogP contribution in [-0.4, -0.2) is 43.9 Å². The lowest BCUT2D eigenvalue weighted by atomic mass is 9.97. The number of sulfonamides is 1. The molecular formula is C13H18N2O4S. The number of nitrogens with one attached hydrogen (secondary N) is 1. The maximum atomic E-state index is 12.4. The summed E-state index contributed by atoms with van der Waals surface area (Å²) < 4.78 is 26.2. The molecule has 110 valence electrons. The number of amides is 1. The van der Waals surface area contributed by atoms with Gasteiger partial charge in [-0.15, -0.1) is 0 Å². The van der Waals surface area contributed by atoms with E-state index in [1.54, 1.807) is 7.05 Å². The Kier molecular flexibility index (Phi) is 4.29. The number of aromatic hydroxyl groups is 1. The van der Waals surface area contributed by atoms with E-state index in [2.05, 4.69) is 5.32 Å². The molecule has 7 heteroatoms. The van der Waals surface area contributed by atoms with Gasteiger partial charge in [-0.25, -0.2) is 8.42 Å². The molecule has 1 aliphatic heterocycles. The van der Waals surface area contributed by atoms with E-state index in [1.807, 2.05) is 0 Å². The number of piperidine rings is 1. The van der Waals surface area contributed by atoms with Gasteiger partial charge in [0.2, 0.25) is 15.9 Å². The molecule has 20 heavy (non-hydrogen) atoms. The van der Waals surface area contributed by atoms with Gasteiger partial charge in [-0.05, 0) is 37.1 Å². The van der Waals surface area contributed by atoms with E-state index < -0.39 is 10.0 Å². The first-order valence-corrected chi connectivity index (χ1v) is 7.90. The zero-order chi connectivity index (χ0) is 14.8. The maximum Gasteiger partial charge on any atom is 0.243 e. The predicted octanol–water partition coefficient (Wildman–Crippen LogP) is 0.539. The van der Waals surface area contributed by atoms with Gasteiger partial charge in [0, 0.05) is 26.1 Å². The molecule has 1 aromatic carbocycles. The van der Waals surface area contributed by atoms with E-state index >= 15 is 0 Å². The van der Waals surface area contributed by atoms with Crippen molar-refractivity contribution < 1.29 is 18.3 Å². The molecule has 0 atom stereocenters. The number of carbonyl (C=O) groups excluding carboxylic acids is 1. The highest BCUT2D eigenvalue weighted by atomic mass is 32.2. The maximum absolute atomic E-state index is 12.4. The first-order chi connectivity index (χ1) is 9.45. The average molecular weight is 298 g/mol. The van der Waals surface area contributed by atoms with E-state index in [-0.39, 0.29) is 22.5 Å². The highest BCUT2D eigenvalue weighted by molar-refractivity contribution is 7.89. The second-order valence-corrected chi connectivity index (χ2v) is 6.72. The minimum absolute atomic E-state index is 0.0299. The Labute approximate surface area is 118 Å². The molecule has 0 aromatic heterocycles. The Hall–Kier alpha value is -1.60. The van der Waals surface area contributed by atoms with Gasteiger partial charge in [0.1, 0.15) is 5.75 Å². The number of carbonyl (C=O) groups is 1. The van der Waals surface area contributed by atoms with E-state index in [4.69, 9.17) is 0 Å². The third-order valence-corrected chi connectivity index (χ3v) is 5.46. The molecule has 0 spiro atoms. The summed E-state index contributed by atoms with van der Waals surface area (Å²) in [6.07, 6.45) is 1.05. The fourth-order valence-corrected chi connectivity index (χ4v) is 3.80. The van der Waals surface area contributed by atoms with Crippen LogP contribution >= 0.6 is 0 Å². The third-order valence-electron chi connectivity index (χ3n) is 3.55. The second kappa shape index (κ2) is 5.80. The number of phenolic OH excluding ortho intramolecular Hbond substituents is 1. The van der Waals surface area contributed by atoms with Crippen molar-refractivity contribution in [2.75, 3.05) is 20.1 Å². The highest BCUT2D eigenvalue weighted by Crippen LogP contribution is 2.24. The lowest BCUT2D eigenvalue weighted by Gasteiger charge is -2.30. The van der Waals surface area contributed by atoms with Crippen LogP contribution in [0.3, 0.4) is 0 Å². The molecular weight excluding hydrogens is 280 g/mol. The van der Waals surface area contributed by atoms with Crippen molar-refractivity contribution in [2.24, 2.45) is 5.92 Å². The summed E-state index contributed by atoms with van der Waals surface area (Å²) in [6, 6.07) is 5.47. The zero-order valence-corrected chi connectivity index (χ0v) is 12.1. The van der Waals surface area contributed by atoms with Gasteiger partial charge in [-0.1, -0.05) is 0 Å². The fourth-order valence-electron chi connectivity index (χ4n) is 2.33. The van der Waals surface area contributed by atoms with Gasteiger partial charge in [0.25, 0.3) is 0 Å². The molecule has 1 heterocycles. The summed E-state index contributed by atoms with van der Waals surface area (Å²) in [4.78, 5) is 11.7. The standard InChI is InChI=1S/C13H18N2O4S/c1-14-13(17)10-6-8-15(9-7-10)20(18,19)12-4-2-11(16)3-5-12/h2-5,10,16H,6-9H2,1H3,(H,14,17). The first-order valence-electron chi connectivity index (χ1n) is 6.46. The summed E-state index contributed by atoms with van der Waals surface area (Å²) in [7, 11) is -1.96. The Morgan fingerprint density at radius 2 is 1.80 bits per heavy atom. The molecule has 1 fully saturated rings. The van der Waals surface area contributed by atoms with E-state index in [1.165, 1.54) is 28.6 Å². The van der Waals surface area contributed by atoms with Gasteiger partial charge in [0.15, 0.2) is 0 Å². The second-order valence-electron chi connectivity index (χ2n) is 4.79. The smallest absolute Gasteiger partial charge is 0.243 e. The molecule has 0 radical (unpaired) electrons. The summed E-state index contributed by atoms with van der Waals surface area (Å²) in [5.41, 5.74) is 0. The Morgan fingerprint density at radius 1 is 1.25 bits per heavy atom. The topological polar surface area (TPSA) is 86.7 Å². The van der Waals surface area contributed by atoms with Crippen LogP contribution in [0.1, 0.15) is 12.8 Å². The number of hydrogen-bond acceptors (Lipinski definition) is 4. The number of rotatable bonds is 3. The predicted molar refractivity (Wildman–Crippen MR) is 73.7 cm³/mol. The van der Waals surface area contributed by atoms with Crippen LogP contribution in [0.15, 0.2) is 29.2 Å². The van der Waals surface area contributed by atoms with Crippen molar-refractivity contribution in [1.82, 2.24) is 9.62 Å². The Morgan fingerprint density at radius 3 is 2.30 bits per heavy atom. The van der Waals surface area contributed by atoms with Gasteiger partial charge < -0.3 is 10.4 Å². The average Bonchev–Trinajstić information content (AvgIpc) is 2.47. The SMILES string of the molecule is CNC(=O)C1CCN(S(=O)(=O)c2ccc(O)cc2)CC1. The summed E-state index contributed by atoms with van der Waals surface area (Å²) in [5, 5.41) is 11.8. The quantitative estimate of drug-likeness (QED) is 0.852. The van der Waals surface area contributed by atoms with Crippen LogP contribution in [0.5, 0.6) is 5.75 Å². The molecule has 2 rings (SSSR count). The first kappa shape index (κ1) is 14.8.